The monoisotopic (exact) mass is 385 g/mol. The number of carbonyl (C=O) groups excluding carboxylic acids is 1. The van der Waals surface area contributed by atoms with Gasteiger partial charge in [0.25, 0.3) is 0 Å². The molecule has 1 aliphatic heterocycles. The van der Waals surface area contributed by atoms with Gasteiger partial charge in [0.05, 0.1) is 20.8 Å². The number of benzene rings is 2. The molecule has 2 aromatic rings. The maximum absolute atomic E-state index is 12.0. The van der Waals surface area contributed by atoms with Gasteiger partial charge in [-0.25, -0.2) is 0 Å². The smallest absolute Gasteiger partial charge is 0.244 e. The number of methoxy groups -OCH3 is 2. The molecular weight excluding hydrogens is 362 g/mol. The van der Waals surface area contributed by atoms with Crippen LogP contribution in [-0.4, -0.2) is 46.5 Å². The molecule has 0 atom stereocenters. The molecule has 2 aromatic carbocycles. The lowest BCUT2D eigenvalue weighted by atomic mass is 10.1. The summed E-state index contributed by atoms with van der Waals surface area (Å²) in [5.74, 6) is 3.04. The highest BCUT2D eigenvalue weighted by atomic mass is 16.6. The molecule has 3 rings (SSSR count). The fourth-order valence-electron chi connectivity index (χ4n) is 2.64. The predicted octanol–water partition coefficient (Wildman–Crippen LogP) is 2.68. The van der Waals surface area contributed by atoms with Crippen LogP contribution in [0.2, 0.25) is 0 Å². The highest BCUT2D eigenvalue weighted by Crippen LogP contribution is 2.40. The molecule has 0 saturated carbocycles. The highest BCUT2D eigenvalue weighted by Gasteiger charge is 2.17. The predicted molar refractivity (Wildman–Crippen MR) is 105 cm³/mol. The van der Waals surface area contributed by atoms with Crippen molar-refractivity contribution in [2.45, 2.75) is 0 Å². The molecule has 0 unspecified atom stereocenters. The Labute approximate surface area is 163 Å². The quantitative estimate of drug-likeness (QED) is 0.556. The molecule has 0 radical (unpaired) electrons. The summed E-state index contributed by atoms with van der Waals surface area (Å²) in [5, 5.41) is 2.77. The maximum Gasteiger partial charge on any atom is 0.244 e. The van der Waals surface area contributed by atoms with E-state index in [0.29, 0.717) is 49.4 Å². The number of fused-ring (bicyclic) bond motifs is 1. The number of carbonyl (C=O) groups is 1. The molecule has 148 valence electrons. The Bertz CT molecular complexity index is 814. The summed E-state index contributed by atoms with van der Waals surface area (Å²) >= 11 is 0. The molecule has 7 nitrogen and oxygen atoms in total. The van der Waals surface area contributed by atoms with Crippen LogP contribution in [0, 0.1) is 0 Å². The van der Waals surface area contributed by atoms with Gasteiger partial charge in [0.1, 0.15) is 31.3 Å². The summed E-state index contributed by atoms with van der Waals surface area (Å²) < 4.78 is 27.1. The van der Waals surface area contributed by atoms with Crippen LogP contribution in [0.5, 0.6) is 28.7 Å². The fraction of sp³-hybridized carbons (Fsp3) is 0.286. The lowest BCUT2D eigenvalue weighted by Gasteiger charge is -2.20. The molecule has 0 spiro atoms. The van der Waals surface area contributed by atoms with Crippen molar-refractivity contribution in [2.24, 2.45) is 0 Å². The number of hydrogen-bond acceptors (Lipinski definition) is 6. The van der Waals surface area contributed by atoms with E-state index in [9.17, 15) is 4.79 Å². The Morgan fingerprint density at radius 1 is 1.07 bits per heavy atom. The third-order valence-corrected chi connectivity index (χ3v) is 4.01. The van der Waals surface area contributed by atoms with Gasteiger partial charge in [-0.15, -0.1) is 0 Å². The number of ether oxygens (including phenoxy) is 5. The first kappa shape index (κ1) is 19.4. The van der Waals surface area contributed by atoms with Gasteiger partial charge in [-0.3, -0.25) is 4.79 Å². The van der Waals surface area contributed by atoms with E-state index in [0.717, 1.165) is 11.3 Å². The zero-order valence-corrected chi connectivity index (χ0v) is 15.9. The van der Waals surface area contributed by atoms with Crippen molar-refractivity contribution >= 4 is 12.0 Å². The number of rotatable bonds is 8. The van der Waals surface area contributed by atoms with Crippen LogP contribution < -0.4 is 29.0 Å². The average Bonchev–Trinajstić information content (AvgIpc) is 2.75. The molecule has 28 heavy (non-hydrogen) atoms. The van der Waals surface area contributed by atoms with Crippen molar-refractivity contribution in [3.05, 3.63) is 48.0 Å². The first-order chi connectivity index (χ1) is 13.7. The molecule has 1 aliphatic rings. The molecule has 1 amide bonds. The van der Waals surface area contributed by atoms with Gasteiger partial charge >= 0.3 is 0 Å². The van der Waals surface area contributed by atoms with E-state index in [-0.39, 0.29) is 5.91 Å². The Morgan fingerprint density at radius 2 is 1.82 bits per heavy atom. The van der Waals surface area contributed by atoms with Gasteiger partial charge in [0.2, 0.25) is 11.7 Å². The van der Waals surface area contributed by atoms with Crippen molar-refractivity contribution in [3.63, 3.8) is 0 Å². The summed E-state index contributed by atoms with van der Waals surface area (Å²) in [6.45, 7) is 1.72. The minimum Gasteiger partial charge on any atom is -0.497 e. The first-order valence-corrected chi connectivity index (χ1v) is 8.90. The Morgan fingerprint density at radius 3 is 2.57 bits per heavy atom. The lowest BCUT2D eigenvalue weighted by molar-refractivity contribution is -0.116. The molecule has 0 fully saturated rings. The molecular formula is C21H23NO6. The largest absolute Gasteiger partial charge is 0.497 e. The van der Waals surface area contributed by atoms with Crippen molar-refractivity contribution in [1.82, 2.24) is 5.32 Å². The van der Waals surface area contributed by atoms with Crippen LogP contribution in [0.3, 0.4) is 0 Å². The number of hydrogen-bond donors (Lipinski definition) is 1. The van der Waals surface area contributed by atoms with E-state index in [1.165, 1.54) is 6.08 Å². The summed E-state index contributed by atoms with van der Waals surface area (Å²) in [6.07, 6.45) is 3.15. The zero-order chi connectivity index (χ0) is 19.8. The average molecular weight is 385 g/mol. The van der Waals surface area contributed by atoms with E-state index in [1.807, 2.05) is 30.3 Å². The van der Waals surface area contributed by atoms with Gasteiger partial charge in [-0.1, -0.05) is 0 Å². The molecule has 7 heteroatoms. The maximum atomic E-state index is 12.0. The van der Waals surface area contributed by atoms with Crippen molar-refractivity contribution in [2.75, 3.05) is 40.6 Å². The Kier molecular flexibility index (Phi) is 6.62. The molecule has 0 aliphatic carbocycles. The molecule has 1 N–H and O–H groups in total. The lowest BCUT2D eigenvalue weighted by Crippen LogP contribution is -2.26. The van der Waals surface area contributed by atoms with Crippen LogP contribution in [0.15, 0.2) is 42.5 Å². The highest BCUT2D eigenvalue weighted by molar-refractivity contribution is 5.91. The van der Waals surface area contributed by atoms with Crippen LogP contribution in [0.4, 0.5) is 0 Å². The van der Waals surface area contributed by atoms with E-state index >= 15 is 0 Å². The van der Waals surface area contributed by atoms with Gasteiger partial charge in [0.15, 0.2) is 11.5 Å². The summed E-state index contributed by atoms with van der Waals surface area (Å²) in [4.78, 5) is 12.0. The van der Waals surface area contributed by atoms with Gasteiger partial charge < -0.3 is 29.0 Å². The van der Waals surface area contributed by atoms with Gasteiger partial charge in [-0.2, -0.15) is 0 Å². The van der Waals surface area contributed by atoms with E-state index in [1.54, 1.807) is 26.4 Å². The van der Waals surface area contributed by atoms with Crippen molar-refractivity contribution in [3.8, 4) is 28.7 Å². The van der Waals surface area contributed by atoms with Crippen LogP contribution in [0.1, 0.15) is 5.56 Å². The van der Waals surface area contributed by atoms with E-state index < -0.39 is 0 Å². The van der Waals surface area contributed by atoms with Gasteiger partial charge in [-0.05, 0) is 48.0 Å². The second-order valence-electron chi connectivity index (χ2n) is 5.90. The fourth-order valence-corrected chi connectivity index (χ4v) is 2.64. The minimum atomic E-state index is -0.216. The molecule has 1 heterocycles. The first-order valence-electron chi connectivity index (χ1n) is 8.90. The zero-order valence-electron chi connectivity index (χ0n) is 15.9. The Balaban J connectivity index is 1.48. The molecule has 0 bridgehead atoms. The Hall–Kier alpha value is -3.35. The SMILES string of the molecule is COc1ccc(OCCNC(=O)/C=C/c2cc(OC)c3c(c2)OCCO3)cc1. The summed E-state index contributed by atoms with van der Waals surface area (Å²) in [7, 11) is 3.18. The normalized spacial score (nSPS) is 12.5. The summed E-state index contributed by atoms with van der Waals surface area (Å²) in [5.41, 5.74) is 0.783. The van der Waals surface area contributed by atoms with Gasteiger partial charge in [0, 0.05) is 6.08 Å². The second-order valence-corrected chi connectivity index (χ2v) is 5.90. The third kappa shape index (κ3) is 5.09. The van der Waals surface area contributed by atoms with Crippen LogP contribution in [-0.2, 0) is 4.79 Å². The van der Waals surface area contributed by atoms with E-state index in [2.05, 4.69) is 5.32 Å². The van der Waals surface area contributed by atoms with Crippen molar-refractivity contribution < 1.29 is 28.5 Å². The van der Waals surface area contributed by atoms with E-state index in [4.69, 9.17) is 23.7 Å². The third-order valence-electron chi connectivity index (χ3n) is 4.01. The topological polar surface area (TPSA) is 75.3 Å². The van der Waals surface area contributed by atoms with Crippen molar-refractivity contribution in [1.29, 1.82) is 0 Å². The molecule has 0 saturated heterocycles. The number of nitrogens with one attached hydrogen (secondary N) is 1. The number of amides is 1. The van der Waals surface area contributed by atoms with Crippen LogP contribution in [0.25, 0.3) is 6.08 Å². The second kappa shape index (κ2) is 9.55. The summed E-state index contributed by atoms with van der Waals surface area (Å²) in [6, 6.07) is 10.9. The molecule has 0 aromatic heterocycles. The van der Waals surface area contributed by atoms with Crippen LogP contribution >= 0.6 is 0 Å². The standard InChI is InChI=1S/C21H23NO6/c1-24-16-4-6-17(7-5-16)26-10-9-22-20(23)8-3-15-13-18(25-2)21-19(14-15)27-11-12-28-21/h3-8,13-14H,9-12H2,1-2H3,(H,22,23)/b8-3+. The minimum absolute atomic E-state index is 0.216.